The van der Waals surface area contributed by atoms with E-state index >= 15 is 0 Å². The molecule has 0 saturated carbocycles. The van der Waals surface area contributed by atoms with E-state index in [0.717, 1.165) is 17.8 Å². The molecule has 6 nitrogen and oxygen atoms in total. The summed E-state index contributed by atoms with van der Waals surface area (Å²) < 4.78 is 56.7. The standard InChI is InChI=1S/C20H16F4N4O2/c1-12-2-4-16(21)14(8-12)15-10-26-28-7-6-27(11-18(15)28)19(29)17-5-3-13(9-25-17)30-20(22,23)24/h2-5,8-10H,6-7,11H2,1H3. The van der Waals surface area contributed by atoms with E-state index in [9.17, 15) is 22.4 Å². The van der Waals surface area contributed by atoms with Gasteiger partial charge in [-0.2, -0.15) is 5.10 Å². The number of nitrogens with zero attached hydrogens (tertiary/aromatic N) is 4. The highest BCUT2D eigenvalue weighted by Gasteiger charge is 2.31. The summed E-state index contributed by atoms with van der Waals surface area (Å²) in [7, 11) is 0. The highest BCUT2D eigenvalue weighted by molar-refractivity contribution is 5.92. The van der Waals surface area contributed by atoms with E-state index < -0.39 is 18.0 Å². The molecule has 3 heterocycles. The molecule has 1 aliphatic rings. The number of hydrogen-bond donors (Lipinski definition) is 0. The molecule has 0 spiro atoms. The molecule has 0 bridgehead atoms. The van der Waals surface area contributed by atoms with Gasteiger partial charge in [0.2, 0.25) is 0 Å². The van der Waals surface area contributed by atoms with Crippen molar-refractivity contribution in [3.8, 4) is 16.9 Å². The van der Waals surface area contributed by atoms with Crippen LogP contribution >= 0.6 is 0 Å². The molecule has 30 heavy (non-hydrogen) atoms. The maximum atomic E-state index is 14.4. The molecular formula is C20H16F4N4O2. The third kappa shape index (κ3) is 3.98. The van der Waals surface area contributed by atoms with Gasteiger partial charge in [0.15, 0.2) is 0 Å². The van der Waals surface area contributed by atoms with Crippen molar-refractivity contribution in [1.29, 1.82) is 0 Å². The van der Waals surface area contributed by atoms with Gasteiger partial charge in [-0.3, -0.25) is 9.48 Å². The second kappa shape index (κ2) is 7.43. The topological polar surface area (TPSA) is 60.2 Å². The number of amides is 1. The minimum Gasteiger partial charge on any atom is -0.404 e. The predicted molar refractivity (Wildman–Crippen MR) is 98.0 cm³/mol. The summed E-state index contributed by atoms with van der Waals surface area (Å²) >= 11 is 0. The zero-order chi connectivity index (χ0) is 21.5. The van der Waals surface area contributed by atoms with Gasteiger partial charge >= 0.3 is 6.36 Å². The van der Waals surface area contributed by atoms with E-state index in [4.69, 9.17) is 0 Å². The lowest BCUT2D eigenvalue weighted by molar-refractivity contribution is -0.274. The van der Waals surface area contributed by atoms with E-state index in [2.05, 4.69) is 14.8 Å². The monoisotopic (exact) mass is 420 g/mol. The normalized spacial score (nSPS) is 13.8. The maximum Gasteiger partial charge on any atom is 0.573 e. The van der Waals surface area contributed by atoms with Crippen LogP contribution in [0.4, 0.5) is 17.6 Å². The van der Waals surface area contributed by atoms with Crippen molar-refractivity contribution in [3.63, 3.8) is 0 Å². The van der Waals surface area contributed by atoms with E-state index in [1.165, 1.54) is 17.0 Å². The van der Waals surface area contributed by atoms with Gasteiger partial charge < -0.3 is 9.64 Å². The van der Waals surface area contributed by atoms with Crippen LogP contribution in [0.1, 0.15) is 21.7 Å². The van der Waals surface area contributed by atoms with Gasteiger partial charge in [-0.15, -0.1) is 13.2 Å². The number of pyridine rings is 1. The summed E-state index contributed by atoms with van der Waals surface area (Å²) in [6.07, 6.45) is -2.41. The summed E-state index contributed by atoms with van der Waals surface area (Å²) in [6, 6.07) is 6.98. The van der Waals surface area contributed by atoms with Crippen LogP contribution in [-0.2, 0) is 13.1 Å². The number of alkyl halides is 3. The van der Waals surface area contributed by atoms with Crippen LogP contribution in [0.2, 0.25) is 0 Å². The second-order valence-electron chi connectivity index (χ2n) is 6.87. The molecule has 0 aliphatic carbocycles. The Kier molecular flexibility index (Phi) is 4.92. The number of aryl methyl sites for hydroxylation is 1. The zero-order valence-corrected chi connectivity index (χ0v) is 15.8. The van der Waals surface area contributed by atoms with Crippen LogP contribution < -0.4 is 4.74 Å². The van der Waals surface area contributed by atoms with Crippen molar-refractivity contribution < 1.29 is 27.1 Å². The maximum absolute atomic E-state index is 14.4. The molecular weight excluding hydrogens is 404 g/mol. The Morgan fingerprint density at radius 1 is 1.10 bits per heavy atom. The first-order valence-electron chi connectivity index (χ1n) is 9.03. The van der Waals surface area contributed by atoms with Gasteiger partial charge in [-0.05, 0) is 31.2 Å². The number of hydrogen-bond acceptors (Lipinski definition) is 4. The quantitative estimate of drug-likeness (QED) is 0.602. The van der Waals surface area contributed by atoms with Gasteiger partial charge in [-0.25, -0.2) is 9.37 Å². The molecule has 2 aromatic heterocycles. The number of carbonyl (C=O) groups is 1. The van der Waals surface area contributed by atoms with Gasteiger partial charge in [-0.1, -0.05) is 11.6 Å². The van der Waals surface area contributed by atoms with Crippen molar-refractivity contribution in [2.24, 2.45) is 0 Å². The van der Waals surface area contributed by atoms with Crippen LogP contribution in [0.15, 0.2) is 42.7 Å². The Morgan fingerprint density at radius 3 is 2.60 bits per heavy atom. The first kappa shape index (κ1) is 19.9. The Morgan fingerprint density at radius 2 is 1.90 bits per heavy atom. The minimum atomic E-state index is -4.83. The van der Waals surface area contributed by atoms with Crippen LogP contribution in [0.25, 0.3) is 11.1 Å². The van der Waals surface area contributed by atoms with E-state index in [1.807, 2.05) is 6.92 Å². The van der Waals surface area contributed by atoms with Gasteiger partial charge in [0.05, 0.1) is 31.2 Å². The number of benzene rings is 1. The molecule has 1 aromatic carbocycles. The predicted octanol–water partition coefficient (Wildman–Crippen LogP) is 3.95. The minimum absolute atomic E-state index is 0.0132. The molecule has 156 valence electrons. The molecule has 10 heteroatoms. The molecule has 0 atom stereocenters. The van der Waals surface area contributed by atoms with Crippen molar-refractivity contribution in [2.75, 3.05) is 6.54 Å². The van der Waals surface area contributed by atoms with E-state index in [-0.39, 0.29) is 18.1 Å². The molecule has 0 saturated heterocycles. The average molecular weight is 420 g/mol. The van der Waals surface area contributed by atoms with Crippen LogP contribution in [-0.4, -0.2) is 38.5 Å². The lowest BCUT2D eigenvalue weighted by Crippen LogP contribution is -2.39. The van der Waals surface area contributed by atoms with Crippen LogP contribution in [0.5, 0.6) is 5.75 Å². The van der Waals surface area contributed by atoms with E-state index in [0.29, 0.717) is 29.9 Å². The van der Waals surface area contributed by atoms with Crippen LogP contribution in [0, 0.1) is 12.7 Å². The largest absolute Gasteiger partial charge is 0.573 e. The Bertz CT molecular complexity index is 1090. The highest BCUT2D eigenvalue weighted by Crippen LogP contribution is 2.30. The first-order chi connectivity index (χ1) is 14.2. The van der Waals surface area contributed by atoms with E-state index in [1.54, 1.807) is 23.0 Å². The first-order valence-corrected chi connectivity index (χ1v) is 9.03. The van der Waals surface area contributed by atoms with Gasteiger partial charge in [0, 0.05) is 17.7 Å². The summed E-state index contributed by atoms with van der Waals surface area (Å²) in [4.78, 5) is 18.1. The number of rotatable bonds is 3. The number of ether oxygens (including phenoxy) is 1. The van der Waals surface area contributed by atoms with Gasteiger partial charge in [0.1, 0.15) is 17.3 Å². The molecule has 1 amide bonds. The summed E-state index contributed by atoms with van der Waals surface area (Å²) in [6.45, 7) is 2.77. The zero-order valence-electron chi connectivity index (χ0n) is 15.8. The number of aromatic nitrogens is 3. The lowest BCUT2D eigenvalue weighted by atomic mass is 10.0. The molecule has 0 N–H and O–H groups in total. The van der Waals surface area contributed by atoms with Crippen molar-refractivity contribution >= 4 is 5.91 Å². The van der Waals surface area contributed by atoms with Crippen molar-refractivity contribution in [3.05, 3.63) is 65.5 Å². The molecule has 3 aromatic rings. The number of fused-ring (bicyclic) bond motifs is 1. The fraction of sp³-hybridized carbons (Fsp3) is 0.250. The third-order valence-corrected chi connectivity index (χ3v) is 4.76. The highest BCUT2D eigenvalue weighted by atomic mass is 19.4. The molecule has 0 radical (unpaired) electrons. The van der Waals surface area contributed by atoms with Crippen molar-refractivity contribution in [1.82, 2.24) is 19.7 Å². The molecule has 4 rings (SSSR count). The average Bonchev–Trinajstić information content (AvgIpc) is 3.11. The second-order valence-corrected chi connectivity index (χ2v) is 6.87. The molecule has 0 unspecified atom stereocenters. The SMILES string of the molecule is Cc1ccc(F)c(-c2cnn3c2CN(C(=O)c2ccc(OC(F)(F)F)cn2)CC3)c1. The third-order valence-electron chi connectivity index (χ3n) is 4.76. The fourth-order valence-corrected chi connectivity index (χ4v) is 3.35. The Hall–Kier alpha value is -3.43. The fourth-order valence-electron chi connectivity index (χ4n) is 3.35. The summed E-state index contributed by atoms with van der Waals surface area (Å²) in [5.41, 5.74) is 2.55. The lowest BCUT2D eigenvalue weighted by Gasteiger charge is -2.28. The smallest absolute Gasteiger partial charge is 0.404 e. The molecule has 1 aliphatic heterocycles. The summed E-state index contributed by atoms with van der Waals surface area (Å²) in [5.74, 6) is -1.34. The number of carbonyl (C=O) groups excluding carboxylic acids is 1. The Labute approximate surface area is 168 Å². The Balaban J connectivity index is 1.56. The summed E-state index contributed by atoms with van der Waals surface area (Å²) in [5, 5.41) is 4.29. The molecule has 0 fully saturated rings. The van der Waals surface area contributed by atoms with Crippen molar-refractivity contribution in [2.45, 2.75) is 26.4 Å². The number of halogens is 4. The van der Waals surface area contributed by atoms with Gasteiger partial charge in [0.25, 0.3) is 5.91 Å². The van der Waals surface area contributed by atoms with Crippen LogP contribution in [0.3, 0.4) is 0 Å².